The molecule has 2 aliphatic heterocycles. The molecule has 0 aromatic carbocycles. The minimum absolute atomic E-state index is 0.313. The molecule has 2 heterocycles. The van der Waals surface area contributed by atoms with E-state index < -0.39 is 0 Å². The summed E-state index contributed by atoms with van der Waals surface area (Å²) in [4.78, 5) is 13.0. The maximum atomic E-state index is 10.6. The lowest BCUT2D eigenvalue weighted by Crippen LogP contribution is -2.36. The molecule has 2 aliphatic rings. The fraction of sp³-hybridized carbons (Fsp3) is 0.727. The maximum Gasteiger partial charge on any atom is 0.123 e. The Morgan fingerprint density at radius 2 is 2.21 bits per heavy atom. The summed E-state index contributed by atoms with van der Waals surface area (Å²) in [5, 5.41) is 3.31. The molecule has 0 amide bonds. The number of nitrogens with one attached hydrogen (secondary N) is 1. The Labute approximate surface area is 85.2 Å². The molecule has 14 heavy (non-hydrogen) atoms. The summed E-state index contributed by atoms with van der Waals surface area (Å²) in [6, 6.07) is 0. The minimum Gasteiger partial charge on any atom is -0.375 e. The van der Waals surface area contributed by atoms with Gasteiger partial charge in [0.2, 0.25) is 0 Å². The average molecular weight is 194 g/mol. The molecule has 0 bridgehead atoms. The Morgan fingerprint density at radius 3 is 2.79 bits per heavy atom. The monoisotopic (exact) mass is 194 g/mol. The van der Waals surface area contributed by atoms with Crippen molar-refractivity contribution in [3.63, 3.8) is 0 Å². The molecule has 0 aromatic heterocycles. The van der Waals surface area contributed by atoms with Gasteiger partial charge in [-0.15, -0.1) is 0 Å². The van der Waals surface area contributed by atoms with Crippen LogP contribution < -0.4 is 5.32 Å². The van der Waals surface area contributed by atoms with Crippen molar-refractivity contribution in [1.82, 2.24) is 10.2 Å². The Kier molecular flexibility index (Phi) is 3.19. The van der Waals surface area contributed by atoms with E-state index in [2.05, 4.69) is 16.3 Å². The number of nitrogens with zero attached hydrogens (tertiary/aromatic N) is 1. The van der Waals surface area contributed by atoms with Gasteiger partial charge in [0, 0.05) is 37.8 Å². The molecule has 3 heteroatoms. The average Bonchev–Trinajstić information content (AvgIpc) is 2.30. The van der Waals surface area contributed by atoms with Gasteiger partial charge < -0.3 is 15.0 Å². The summed E-state index contributed by atoms with van der Waals surface area (Å²) in [7, 11) is 0. The van der Waals surface area contributed by atoms with Crippen molar-refractivity contribution in [3.8, 4) is 0 Å². The second kappa shape index (κ2) is 4.60. The fourth-order valence-corrected chi connectivity index (χ4v) is 2.22. The third kappa shape index (κ3) is 2.15. The predicted molar refractivity (Wildman–Crippen MR) is 55.9 cm³/mol. The molecule has 1 saturated heterocycles. The van der Waals surface area contributed by atoms with Crippen LogP contribution >= 0.6 is 0 Å². The second-order valence-corrected chi connectivity index (χ2v) is 4.11. The zero-order valence-electron chi connectivity index (χ0n) is 8.54. The molecule has 0 spiro atoms. The van der Waals surface area contributed by atoms with Crippen LogP contribution in [0.25, 0.3) is 0 Å². The molecule has 1 fully saturated rings. The third-order valence-electron chi connectivity index (χ3n) is 3.18. The Bertz CT molecular complexity index is 229. The number of carbonyl (C=O) groups excluding carboxylic acids is 1. The lowest BCUT2D eigenvalue weighted by Gasteiger charge is -2.34. The molecule has 0 unspecified atom stereocenters. The van der Waals surface area contributed by atoms with Crippen molar-refractivity contribution in [1.29, 1.82) is 0 Å². The van der Waals surface area contributed by atoms with Gasteiger partial charge >= 0.3 is 0 Å². The highest BCUT2D eigenvalue weighted by Crippen LogP contribution is 2.20. The Morgan fingerprint density at radius 1 is 1.43 bits per heavy atom. The lowest BCUT2D eigenvalue weighted by atomic mass is 9.97. The highest BCUT2D eigenvalue weighted by Gasteiger charge is 2.20. The zero-order chi connectivity index (χ0) is 9.80. The van der Waals surface area contributed by atoms with Crippen molar-refractivity contribution in [3.05, 3.63) is 11.8 Å². The summed E-state index contributed by atoms with van der Waals surface area (Å²) in [6.45, 7) is 4.23. The number of hydrogen-bond donors (Lipinski definition) is 1. The van der Waals surface area contributed by atoms with Gasteiger partial charge in [-0.2, -0.15) is 0 Å². The molecular weight excluding hydrogens is 176 g/mol. The van der Waals surface area contributed by atoms with Crippen molar-refractivity contribution in [2.45, 2.75) is 19.3 Å². The number of carbonyl (C=O) groups is 1. The molecule has 0 aromatic rings. The Hall–Kier alpha value is -0.830. The van der Waals surface area contributed by atoms with Crippen molar-refractivity contribution >= 4 is 6.29 Å². The topological polar surface area (TPSA) is 32.3 Å². The molecule has 0 aliphatic carbocycles. The molecule has 3 nitrogen and oxygen atoms in total. The van der Waals surface area contributed by atoms with Gasteiger partial charge in [0.15, 0.2) is 0 Å². The van der Waals surface area contributed by atoms with Crippen LogP contribution in [-0.2, 0) is 4.79 Å². The Balaban J connectivity index is 1.88. The number of aldehydes is 1. The number of likely N-dealkylation sites (tertiary alicyclic amines) is 1. The summed E-state index contributed by atoms with van der Waals surface area (Å²) in [5.74, 6) is 0.313. The first kappa shape index (κ1) is 9.71. The van der Waals surface area contributed by atoms with E-state index >= 15 is 0 Å². The van der Waals surface area contributed by atoms with E-state index in [9.17, 15) is 4.79 Å². The number of hydrogen-bond acceptors (Lipinski definition) is 3. The molecule has 0 radical (unpaired) electrons. The number of rotatable bonds is 2. The van der Waals surface area contributed by atoms with Crippen LogP contribution in [0.15, 0.2) is 11.8 Å². The summed E-state index contributed by atoms with van der Waals surface area (Å²) in [5.41, 5.74) is 1.48. The van der Waals surface area contributed by atoms with Crippen molar-refractivity contribution in [2.75, 3.05) is 26.2 Å². The van der Waals surface area contributed by atoms with E-state index in [0.717, 1.165) is 51.7 Å². The largest absolute Gasteiger partial charge is 0.375 e. The van der Waals surface area contributed by atoms with Crippen LogP contribution in [-0.4, -0.2) is 37.4 Å². The van der Waals surface area contributed by atoms with E-state index in [-0.39, 0.29) is 0 Å². The van der Waals surface area contributed by atoms with Crippen LogP contribution in [0.3, 0.4) is 0 Å². The molecule has 2 rings (SSSR count). The standard InChI is InChI=1S/C11H18N2O/c14-9-10-3-7-13(8-4-10)11-1-5-12-6-2-11/h1,9-10,12H,2-8H2. The molecule has 1 N–H and O–H groups in total. The van der Waals surface area contributed by atoms with Crippen LogP contribution in [0.5, 0.6) is 0 Å². The second-order valence-electron chi connectivity index (χ2n) is 4.11. The first-order valence-electron chi connectivity index (χ1n) is 5.50. The van der Waals surface area contributed by atoms with Crippen molar-refractivity contribution in [2.24, 2.45) is 5.92 Å². The maximum absolute atomic E-state index is 10.6. The van der Waals surface area contributed by atoms with Crippen LogP contribution in [0, 0.1) is 5.92 Å². The van der Waals surface area contributed by atoms with Gasteiger partial charge in [0.05, 0.1) is 0 Å². The molecule has 78 valence electrons. The lowest BCUT2D eigenvalue weighted by molar-refractivity contribution is -0.112. The van der Waals surface area contributed by atoms with Gasteiger partial charge in [0.1, 0.15) is 6.29 Å². The molecular formula is C11H18N2O. The van der Waals surface area contributed by atoms with Crippen molar-refractivity contribution < 1.29 is 4.79 Å². The molecule has 0 saturated carbocycles. The highest BCUT2D eigenvalue weighted by atomic mass is 16.1. The van der Waals surface area contributed by atoms with E-state index in [0.29, 0.717) is 5.92 Å². The minimum atomic E-state index is 0.313. The zero-order valence-corrected chi connectivity index (χ0v) is 8.54. The van der Waals surface area contributed by atoms with Gasteiger partial charge in [-0.1, -0.05) is 6.08 Å². The van der Waals surface area contributed by atoms with Crippen LogP contribution in [0.4, 0.5) is 0 Å². The van der Waals surface area contributed by atoms with Gasteiger partial charge in [-0.05, 0) is 19.3 Å². The molecule has 0 atom stereocenters. The van der Waals surface area contributed by atoms with Crippen LogP contribution in [0.2, 0.25) is 0 Å². The summed E-state index contributed by atoms with van der Waals surface area (Å²) < 4.78 is 0. The normalized spacial score (nSPS) is 24.6. The van der Waals surface area contributed by atoms with E-state index in [1.54, 1.807) is 0 Å². The predicted octanol–water partition coefficient (Wildman–Crippen LogP) is 0.774. The first-order chi connectivity index (χ1) is 6.90. The summed E-state index contributed by atoms with van der Waals surface area (Å²) >= 11 is 0. The quantitative estimate of drug-likeness (QED) is 0.659. The van der Waals surface area contributed by atoms with E-state index in [1.807, 2.05) is 0 Å². The van der Waals surface area contributed by atoms with E-state index in [4.69, 9.17) is 0 Å². The third-order valence-corrected chi connectivity index (χ3v) is 3.18. The summed E-state index contributed by atoms with van der Waals surface area (Å²) in [6.07, 6.45) is 6.62. The van der Waals surface area contributed by atoms with Crippen LogP contribution in [0.1, 0.15) is 19.3 Å². The highest BCUT2D eigenvalue weighted by molar-refractivity contribution is 5.53. The van der Waals surface area contributed by atoms with Gasteiger partial charge in [-0.3, -0.25) is 0 Å². The van der Waals surface area contributed by atoms with Gasteiger partial charge in [0.25, 0.3) is 0 Å². The SMILES string of the molecule is O=CC1CCN(C2=CCNCC2)CC1. The first-order valence-corrected chi connectivity index (χ1v) is 5.50. The van der Waals surface area contributed by atoms with E-state index in [1.165, 1.54) is 5.70 Å². The smallest absolute Gasteiger partial charge is 0.123 e. The number of piperidine rings is 1. The van der Waals surface area contributed by atoms with Gasteiger partial charge in [-0.25, -0.2) is 0 Å². The fourth-order valence-electron chi connectivity index (χ4n) is 2.22.